The zero-order valence-electron chi connectivity index (χ0n) is 11.1. The monoisotopic (exact) mass is 243 g/mol. The second kappa shape index (κ2) is 5.83. The minimum Gasteiger partial charge on any atom is -0.333 e. The van der Waals surface area contributed by atoms with Crippen LogP contribution in [0.15, 0.2) is 36.8 Å². The Labute approximate surface area is 109 Å². The van der Waals surface area contributed by atoms with Crippen LogP contribution in [-0.4, -0.2) is 9.55 Å². The van der Waals surface area contributed by atoms with Gasteiger partial charge in [-0.25, -0.2) is 4.98 Å². The quantitative estimate of drug-likeness (QED) is 0.877. The van der Waals surface area contributed by atoms with Crippen LogP contribution in [0.2, 0.25) is 0 Å². The highest BCUT2D eigenvalue weighted by molar-refractivity contribution is 5.25. The summed E-state index contributed by atoms with van der Waals surface area (Å²) in [7, 11) is 0. The van der Waals surface area contributed by atoms with E-state index in [0.717, 1.165) is 25.1 Å². The second-order valence-corrected chi connectivity index (χ2v) is 4.70. The summed E-state index contributed by atoms with van der Waals surface area (Å²) in [6.45, 7) is 5.19. The summed E-state index contributed by atoms with van der Waals surface area (Å²) < 4.78 is 2.17. The number of benzene rings is 1. The molecule has 0 saturated carbocycles. The van der Waals surface area contributed by atoms with Crippen LogP contribution in [0.5, 0.6) is 0 Å². The maximum absolute atomic E-state index is 6.08. The topological polar surface area (TPSA) is 43.8 Å². The predicted octanol–water partition coefficient (Wildman–Crippen LogP) is 2.84. The lowest BCUT2D eigenvalue weighted by Gasteiger charge is -2.13. The van der Waals surface area contributed by atoms with Crippen LogP contribution in [0.25, 0.3) is 0 Å². The van der Waals surface area contributed by atoms with E-state index in [9.17, 15) is 0 Å². The number of nitrogens with two attached hydrogens (primary N) is 1. The molecule has 3 nitrogen and oxygen atoms in total. The third-order valence-corrected chi connectivity index (χ3v) is 3.45. The maximum atomic E-state index is 6.08. The van der Waals surface area contributed by atoms with Crippen LogP contribution >= 0.6 is 0 Å². The molecule has 0 amide bonds. The van der Waals surface area contributed by atoms with Crippen molar-refractivity contribution < 1.29 is 0 Å². The molecule has 0 saturated heterocycles. The highest BCUT2D eigenvalue weighted by atomic mass is 15.1. The second-order valence-electron chi connectivity index (χ2n) is 4.70. The third-order valence-electron chi connectivity index (χ3n) is 3.45. The SMILES string of the molecule is CC[C@@H](N)c1cncn1CCc1ccccc1C. The van der Waals surface area contributed by atoms with Gasteiger partial charge in [0.25, 0.3) is 0 Å². The van der Waals surface area contributed by atoms with E-state index in [2.05, 4.69) is 47.7 Å². The first kappa shape index (κ1) is 12.8. The van der Waals surface area contributed by atoms with E-state index in [1.807, 2.05) is 12.5 Å². The Morgan fingerprint density at radius 3 is 2.83 bits per heavy atom. The molecule has 1 aromatic carbocycles. The van der Waals surface area contributed by atoms with E-state index in [-0.39, 0.29) is 6.04 Å². The standard InChI is InChI=1S/C15H21N3/c1-3-14(16)15-10-17-11-18(15)9-8-13-7-5-4-6-12(13)2/h4-7,10-11,14H,3,8-9,16H2,1-2H3/t14-/m1/s1. The smallest absolute Gasteiger partial charge is 0.0948 e. The van der Waals surface area contributed by atoms with Crippen molar-refractivity contribution in [2.45, 2.75) is 39.3 Å². The fourth-order valence-corrected chi connectivity index (χ4v) is 2.17. The zero-order chi connectivity index (χ0) is 13.0. The lowest BCUT2D eigenvalue weighted by atomic mass is 10.1. The maximum Gasteiger partial charge on any atom is 0.0948 e. The van der Waals surface area contributed by atoms with Crippen LogP contribution in [0, 0.1) is 6.92 Å². The van der Waals surface area contributed by atoms with Crippen LogP contribution in [-0.2, 0) is 13.0 Å². The number of imidazole rings is 1. The lowest BCUT2D eigenvalue weighted by molar-refractivity contribution is 0.588. The van der Waals surface area contributed by atoms with Crippen LogP contribution < -0.4 is 5.73 Å². The van der Waals surface area contributed by atoms with E-state index in [1.54, 1.807) is 0 Å². The molecule has 3 heteroatoms. The Morgan fingerprint density at radius 1 is 1.33 bits per heavy atom. The fraction of sp³-hybridized carbons (Fsp3) is 0.400. The molecular formula is C15H21N3. The van der Waals surface area contributed by atoms with Gasteiger partial charge in [-0.15, -0.1) is 0 Å². The molecule has 0 aliphatic carbocycles. The number of nitrogens with zero attached hydrogens (tertiary/aromatic N) is 2. The predicted molar refractivity (Wildman–Crippen MR) is 74.3 cm³/mol. The molecule has 0 radical (unpaired) electrons. The van der Waals surface area contributed by atoms with Crippen molar-refractivity contribution in [2.75, 3.05) is 0 Å². The van der Waals surface area contributed by atoms with E-state index in [0.29, 0.717) is 0 Å². The first-order chi connectivity index (χ1) is 8.72. The van der Waals surface area contributed by atoms with Crippen molar-refractivity contribution in [1.82, 2.24) is 9.55 Å². The molecule has 96 valence electrons. The highest BCUT2D eigenvalue weighted by Crippen LogP contribution is 2.15. The molecule has 0 unspecified atom stereocenters. The first-order valence-corrected chi connectivity index (χ1v) is 6.52. The summed E-state index contributed by atoms with van der Waals surface area (Å²) in [5, 5.41) is 0. The van der Waals surface area contributed by atoms with Gasteiger partial charge in [0.15, 0.2) is 0 Å². The normalized spacial score (nSPS) is 12.6. The average Bonchev–Trinajstić information content (AvgIpc) is 2.85. The van der Waals surface area contributed by atoms with Crippen molar-refractivity contribution >= 4 is 0 Å². The van der Waals surface area contributed by atoms with E-state index >= 15 is 0 Å². The first-order valence-electron chi connectivity index (χ1n) is 6.52. The van der Waals surface area contributed by atoms with Gasteiger partial charge in [-0.3, -0.25) is 0 Å². The minimum atomic E-state index is 0.0874. The van der Waals surface area contributed by atoms with Gasteiger partial charge in [0.05, 0.1) is 12.0 Å². The van der Waals surface area contributed by atoms with Crippen LogP contribution in [0.4, 0.5) is 0 Å². The van der Waals surface area contributed by atoms with Crippen LogP contribution in [0.3, 0.4) is 0 Å². The number of aromatic nitrogens is 2. The Kier molecular flexibility index (Phi) is 4.15. The van der Waals surface area contributed by atoms with Gasteiger partial charge in [0, 0.05) is 18.8 Å². The summed E-state index contributed by atoms with van der Waals surface area (Å²) in [5.74, 6) is 0. The number of rotatable bonds is 5. The summed E-state index contributed by atoms with van der Waals surface area (Å²) >= 11 is 0. The summed E-state index contributed by atoms with van der Waals surface area (Å²) in [4.78, 5) is 4.21. The zero-order valence-corrected chi connectivity index (χ0v) is 11.1. The Morgan fingerprint density at radius 2 is 2.11 bits per heavy atom. The van der Waals surface area contributed by atoms with Gasteiger partial charge in [-0.2, -0.15) is 0 Å². The van der Waals surface area contributed by atoms with Gasteiger partial charge in [0.1, 0.15) is 0 Å². The van der Waals surface area contributed by atoms with Crippen molar-refractivity contribution in [3.63, 3.8) is 0 Å². The molecule has 1 heterocycles. The van der Waals surface area contributed by atoms with Gasteiger partial charge in [-0.05, 0) is 30.9 Å². The minimum absolute atomic E-state index is 0.0874. The molecule has 2 rings (SSSR count). The molecular weight excluding hydrogens is 222 g/mol. The van der Waals surface area contributed by atoms with E-state index < -0.39 is 0 Å². The molecule has 0 aliphatic heterocycles. The Hall–Kier alpha value is -1.61. The molecule has 0 bridgehead atoms. The highest BCUT2D eigenvalue weighted by Gasteiger charge is 2.09. The van der Waals surface area contributed by atoms with Gasteiger partial charge < -0.3 is 10.3 Å². The van der Waals surface area contributed by atoms with Gasteiger partial charge in [-0.1, -0.05) is 31.2 Å². The molecule has 18 heavy (non-hydrogen) atoms. The van der Waals surface area contributed by atoms with Crippen molar-refractivity contribution in [1.29, 1.82) is 0 Å². The van der Waals surface area contributed by atoms with Crippen molar-refractivity contribution in [3.05, 3.63) is 53.6 Å². The largest absolute Gasteiger partial charge is 0.333 e. The number of hydrogen-bond donors (Lipinski definition) is 1. The number of aryl methyl sites for hydroxylation is 3. The molecule has 0 spiro atoms. The Bertz CT molecular complexity index is 502. The summed E-state index contributed by atoms with van der Waals surface area (Å²) in [6.07, 6.45) is 5.72. The van der Waals surface area contributed by atoms with E-state index in [4.69, 9.17) is 5.73 Å². The molecule has 1 aromatic heterocycles. The average molecular weight is 243 g/mol. The fourth-order valence-electron chi connectivity index (χ4n) is 2.17. The molecule has 2 N–H and O–H groups in total. The molecule has 0 aliphatic rings. The summed E-state index contributed by atoms with van der Waals surface area (Å²) in [5.41, 5.74) is 9.95. The van der Waals surface area contributed by atoms with Crippen molar-refractivity contribution in [2.24, 2.45) is 5.73 Å². The van der Waals surface area contributed by atoms with Crippen LogP contribution in [0.1, 0.15) is 36.2 Å². The van der Waals surface area contributed by atoms with Gasteiger partial charge in [0.2, 0.25) is 0 Å². The van der Waals surface area contributed by atoms with E-state index in [1.165, 1.54) is 11.1 Å². The third kappa shape index (κ3) is 2.79. The summed E-state index contributed by atoms with van der Waals surface area (Å²) in [6, 6.07) is 8.60. The van der Waals surface area contributed by atoms with Gasteiger partial charge >= 0.3 is 0 Å². The Balaban J connectivity index is 2.07. The lowest BCUT2D eigenvalue weighted by Crippen LogP contribution is -2.15. The van der Waals surface area contributed by atoms with Crippen molar-refractivity contribution in [3.8, 4) is 0 Å². The number of hydrogen-bond acceptors (Lipinski definition) is 2. The molecule has 1 atom stereocenters. The molecule has 2 aromatic rings. The molecule has 0 fully saturated rings.